The van der Waals surface area contributed by atoms with Crippen LogP contribution in [-0.2, 0) is 42.8 Å². The molecule has 424 valence electrons. The Hall–Kier alpha value is -11.5. The molecule has 7 atom stereocenters. The number of carboxylic acid groups (broad SMARTS) is 3. The number of hydrogen-bond acceptors (Lipinski definition) is 30. The molecule has 1 fully saturated rings. The van der Waals surface area contributed by atoms with Gasteiger partial charge in [0, 0.05) is 34.9 Å². The first-order chi connectivity index (χ1) is 37.9. The number of aliphatic hydroxyl groups excluding tert-OH is 1. The fourth-order valence-electron chi connectivity index (χ4n) is 8.56. The molecule has 33 nitrogen and oxygen atoms in total. The van der Waals surface area contributed by atoms with Gasteiger partial charge in [-0.3, -0.25) is 0 Å². The van der Waals surface area contributed by atoms with Crippen LogP contribution in [0, 0.1) is 0 Å². The molecular formula is C48H34O33. The number of carboxylic acids is 3. The number of benzene rings is 5. The highest BCUT2D eigenvalue weighted by atomic mass is 16.7. The van der Waals surface area contributed by atoms with Gasteiger partial charge in [0.15, 0.2) is 81.6 Å². The summed E-state index contributed by atoms with van der Waals surface area (Å²) >= 11 is 0. The normalized spacial score (nSPS) is 20.5. The van der Waals surface area contributed by atoms with Crippen LogP contribution >= 0.6 is 0 Å². The molecule has 0 spiro atoms. The molecule has 5 aromatic rings. The first-order valence-corrected chi connectivity index (χ1v) is 22.1. The van der Waals surface area contributed by atoms with Crippen LogP contribution in [0.3, 0.4) is 0 Å². The van der Waals surface area contributed by atoms with Gasteiger partial charge in [0.1, 0.15) is 18.3 Å². The average molecular weight is 1140 g/mol. The van der Waals surface area contributed by atoms with Crippen molar-refractivity contribution in [3.05, 3.63) is 81.4 Å². The van der Waals surface area contributed by atoms with Crippen molar-refractivity contribution in [2.75, 3.05) is 6.61 Å². The van der Waals surface area contributed by atoms with Gasteiger partial charge in [-0.05, 0) is 24.3 Å². The summed E-state index contributed by atoms with van der Waals surface area (Å²) in [5, 5.41) is 190. The van der Waals surface area contributed by atoms with Crippen molar-refractivity contribution in [1.29, 1.82) is 0 Å². The number of fused-ring (bicyclic) bond motifs is 6. The van der Waals surface area contributed by atoms with Gasteiger partial charge in [0.25, 0.3) is 0 Å². The van der Waals surface area contributed by atoms with E-state index in [9.17, 15) is 130 Å². The number of hydrogen-bond donors (Lipinski definition) is 18. The van der Waals surface area contributed by atoms with Crippen molar-refractivity contribution >= 4 is 47.8 Å². The van der Waals surface area contributed by atoms with E-state index in [1.807, 2.05) is 0 Å². The molecule has 0 aliphatic carbocycles. The van der Waals surface area contributed by atoms with E-state index in [1.54, 1.807) is 0 Å². The zero-order chi connectivity index (χ0) is 59.7. The second kappa shape index (κ2) is 20.5. The Morgan fingerprint density at radius 1 is 0.568 bits per heavy atom. The van der Waals surface area contributed by atoms with Crippen LogP contribution in [0.1, 0.15) is 63.3 Å². The van der Waals surface area contributed by atoms with Crippen molar-refractivity contribution < 1.29 is 163 Å². The minimum Gasteiger partial charge on any atom is -0.504 e. The number of phenolic OH excluding ortho intramolecular Hbond substituents is 14. The second-order valence-corrected chi connectivity index (χ2v) is 17.2. The van der Waals surface area contributed by atoms with Gasteiger partial charge < -0.3 is 125 Å². The number of phenols is 14. The lowest BCUT2D eigenvalue weighted by Gasteiger charge is -2.43. The number of aromatic hydroxyl groups is 14. The lowest BCUT2D eigenvalue weighted by molar-refractivity contribution is -0.287. The predicted molar refractivity (Wildman–Crippen MR) is 246 cm³/mol. The third-order valence-corrected chi connectivity index (χ3v) is 12.3. The van der Waals surface area contributed by atoms with Gasteiger partial charge >= 0.3 is 47.8 Å². The van der Waals surface area contributed by atoms with Crippen molar-refractivity contribution in [3.63, 3.8) is 0 Å². The van der Waals surface area contributed by atoms with E-state index in [2.05, 4.69) is 0 Å². The minimum absolute atomic E-state index is 0.101. The molecule has 8 rings (SSSR count). The Kier molecular flexibility index (Phi) is 14.1. The van der Waals surface area contributed by atoms with E-state index in [4.69, 9.17) is 33.2 Å². The highest BCUT2D eigenvalue weighted by Crippen LogP contribution is 2.56. The van der Waals surface area contributed by atoms with Crippen LogP contribution in [0.2, 0.25) is 0 Å². The standard InChI is InChI=1S/C48H34O33/c49-15-1-9(2-16(50)27(15)56)43(70)81-48-36(65)40-38(78-47(74)13(7-22(54)55)26-25-11(4-18(52)29(58)33(25)62)45(72)79-39(26)42(68)69)21(77-48)8-75-44(71)10-3-17(51)28(57)32(61)23(10)24-12(46(73)80-40)6-20(31(60)34(24)63)76-37-14(41(66)67)5-19(53)30(59)35(37)64/h1-7,21,26,36,38-40,48-53,56-65H,8H2,(H,54,55)(H,66,67)(H,68,69)/b13-7-/t21-,26-,36-,38-,39+,40-,48+/m1/s1. The number of carbonyl (C=O) groups excluding carboxylic acids is 5. The number of esters is 5. The summed E-state index contributed by atoms with van der Waals surface area (Å²) in [5.74, 6) is -41.1. The molecule has 5 aromatic carbocycles. The van der Waals surface area contributed by atoms with Crippen molar-refractivity contribution in [2.45, 2.75) is 42.7 Å². The molecule has 2 bridgehead atoms. The molecule has 1 saturated heterocycles. The molecule has 0 saturated carbocycles. The lowest BCUT2D eigenvalue weighted by Crippen LogP contribution is -2.62. The number of carbonyl (C=O) groups is 8. The Labute approximate surface area is 444 Å². The minimum atomic E-state index is -2.87. The van der Waals surface area contributed by atoms with E-state index >= 15 is 0 Å². The molecule has 3 heterocycles. The summed E-state index contributed by atoms with van der Waals surface area (Å²) < 4.78 is 37.7. The Balaban J connectivity index is 1.35. The maximum atomic E-state index is 15.0. The molecule has 3 aliphatic heterocycles. The average Bonchev–Trinajstić information content (AvgIpc) is 3.61. The smallest absolute Gasteiger partial charge is 0.346 e. The Bertz CT molecular complexity index is 3630. The molecule has 33 heteroatoms. The third-order valence-electron chi connectivity index (χ3n) is 12.3. The zero-order valence-corrected chi connectivity index (χ0v) is 39.5. The molecule has 18 N–H and O–H groups in total. The largest absolute Gasteiger partial charge is 0.504 e. The third kappa shape index (κ3) is 9.62. The molecule has 81 heavy (non-hydrogen) atoms. The van der Waals surface area contributed by atoms with Crippen LogP contribution in [0.4, 0.5) is 0 Å². The number of cyclic esters (lactones) is 2. The molecule has 0 amide bonds. The molecule has 0 radical (unpaired) electrons. The summed E-state index contributed by atoms with van der Waals surface area (Å²) in [5.41, 5.74) is -10.9. The van der Waals surface area contributed by atoms with Crippen molar-refractivity contribution in [2.24, 2.45) is 0 Å². The van der Waals surface area contributed by atoms with E-state index in [0.29, 0.717) is 30.3 Å². The Morgan fingerprint density at radius 2 is 1.10 bits per heavy atom. The molecule has 0 unspecified atom stereocenters. The van der Waals surface area contributed by atoms with Gasteiger partial charge in [-0.15, -0.1) is 0 Å². The van der Waals surface area contributed by atoms with Gasteiger partial charge in [-0.2, -0.15) is 0 Å². The fourth-order valence-corrected chi connectivity index (χ4v) is 8.56. The first kappa shape index (κ1) is 55.7. The summed E-state index contributed by atoms with van der Waals surface area (Å²) in [4.78, 5) is 108. The Morgan fingerprint density at radius 3 is 1.69 bits per heavy atom. The van der Waals surface area contributed by atoms with Crippen LogP contribution < -0.4 is 4.74 Å². The van der Waals surface area contributed by atoms with E-state index in [-0.39, 0.29) is 12.1 Å². The van der Waals surface area contributed by atoms with E-state index in [0.717, 1.165) is 0 Å². The summed E-state index contributed by atoms with van der Waals surface area (Å²) in [6.07, 6.45) is -16.4. The highest BCUT2D eigenvalue weighted by molar-refractivity contribution is 6.09. The number of rotatable bonds is 10. The first-order valence-electron chi connectivity index (χ1n) is 22.1. The number of aromatic carboxylic acids is 1. The topological polar surface area (TPSA) is 565 Å². The van der Waals surface area contributed by atoms with Gasteiger partial charge in [-0.1, -0.05) is 0 Å². The van der Waals surface area contributed by atoms with Crippen LogP contribution in [0.5, 0.6) is 92.0 Å². The SMILES string of the molecule is O=C(O)/C=C(\C(=O)O[C@H]1[C@@H]2OC(=O)c3cc(Oc4c(C(=O)O)cc(O)c(O)c4O)c(O)c(O)c3-c3c(cc(O)c(O)c3O)C(=O)OC[C@H]1O[C@@H](OC(=O)c1cc(O)c(O)c(O)c1)[C@@H]2O)[C@@H]1c2c(cc(O)c(O)c2O)C(=O)O[C@@H]1C(=O)O. The van der Waals surface area contributed by atoms with E-state index in [1.165, 1.54) is 0 Å². The van der Waals surface area contributed by atoms with Gasteiger partial charge in [-0.25, -0.2) is 38.4 Å². The van der Waals surface area contributed by atoms with Crippen LogP contribution in [0.15, 0.2) is 48.0 Å². The maximum Gasteiger partial charge on any atom is 0.346 e. The van der Waals surface area contributed by atoms with Crippen LogP contribution in [0.25, 0.3) is 11.1 Å². The molecular weight excluding hydrogens is 1100 g/mol. The summed E-state index contributed by atoms with van der Waals surface area (Å²) in [6, 6.07) is 2.25. The van der Waals surface area contributed by atoms with Gasteiger partial charge in [0.2, 0.25) is 41.1 Å². The number of aliphatic carboxylic acids is 2. The number of aliphatic hydroxyl groups is 1. The summed E-state index contributed by atoms with van der Waals surface area (Å²) in [6.45, 7) is -1.49. The van der Waals surface area contributed by atoms with E-state index < -0.39 is 239 Å². The van der Waals surface area contributed by atoms with Crippen molar-refractivity contribution in [1.82, 2.24) is 0 Å². The quantitative estimate of drug-likeness (QED) is 0.0396. The highest BCUT2D eigenvalue weighted by Gasteiger charge is 2.55. The second-order valence-electron chi connectivity index (χ2n) is 17.2. The fraction of sp³-hybridized carbons (Fsp3) is 0.167. The maximum absolute atomic E-state index is 15.0. The predicted octanol–water partition coefficient (Wildman–Crippen LogP) is 0.691. The zero-order valence-electron chi connectivity index (χ0n) is 39.5. The summed E-state index contributed by atoms with van der Waals surface area (Å²) in [7, 11) is 0. The lowest BCUT2D eigenvalue weighted by atomic mass is 9.80. The monoisotopic (exact) mass is 1140 g/mol. The van der Waals surface area contributed by atoms with Crippen molar-refractivity contribution in [3.8, 4) is 103 Å². The van der Waals surface area contributed by atoms with Crippen LogP contribution in [-0.4, -0.2) is 183 Å². The van der Waals surface area contributed by atoms with Gasteiger partial charge in [0.05, 0.1) is 33.7 Å². The molecule has 0 aromatic heterocycles. The molecule has 3 aliphatic rings. The number of ether oxygens (including phenoxy) is 7.